The Morgan fingerprint density at radius 3 is 2.34 bits per heavy atom. The molecule has 3 atom stereocenters. The zero-order chi connectivity index (χ0) is 32.2. The van der Waals surface area contributed by atoms with Crippen molar-refractivity contribution >= 4 is 29.5 Å². The predicted octanol–water partition coefficient (Wildman–Crippen LogP) is 4.72. The van der Waals surface area contributed by atoms with Gasteiger partial charge < -0.3 is 30.1 Å². The van der Waals surface area contributed by atoms with Gasteiger partial charge >= 0.3 is 6.18 Å². The monoisotopic (exact) mass is 618 g/mol. The minimum atomic E-state index is -4.87. The van der Waals surface area contributed by atoms with Crippen molar-refractivity contribution in [3.05, 3.63) is 59.7 Å². The van der Waals surface area contributed by atoms with Crippen molar-refractivity contribution in [3.8, 4) is 11.1 Å². The Kier molecular flexibility index (Phi) is 10.3. The van der Waals surface area contributed by atoms with Crippen LogP contribution in [0.4, 0.5) is 34.8 Å². The maximum absolute atomic E-state index is 15.8. The number of amides is 2. The number of alkyl halides is 3. The van der Waals surface area contributed by atoms with Gasteiger partial charge in [0.05, 0.1) is 34.7 Å². The van der Waals surface area contributed by atoms with Gasteiger partial charge in [0.2, 0.25) is 6.41 Å². The van der Waals surface area contributed by atoms with E-state index in [2.05, 4.69) is 20.1 Å². The van der Waals surface area contributed by atoms with Crippen molar-refractivity contribution in [1.29, 1.82) is 0 Å². The Morgan fingerprint density at radius 2 is 1.77 bits per heavy atom. The Bertz CT molecular complexity index is 1400. The van der Waals surface area contributed by atoms with Crippen LogP contribution in [-0.2, 0) is 14.3 Å². The Morgan fingerprint density at radius 1 is 1.07 bits per heavy atom. The average molecular weight is 619 g/mol. The molecule has 2 N–H and O–H groups in total. The standard InChI is InChI=1S/C31H38F4N6O3/c1-6-25(31(33,34)35)24(14-36-18-42)30(43)38-27-11-23(26(32)12-28(27)40-10-9-39(5)19(2)15-40)22-7-8-29(37-13-22)41-16-20(3)44-21(4)17-41/h6-8,11-14,18-21H,9-10,15-17H2,1-5H3,(H,36,42)(H,38,43)/b24-14+,25-6+. The number of carbonyl (C=O) groups is 2. The number of allylic oxidation sites excluding steroid dienone is 1. The molecule has 0 radical (unpaired) electrons. The van der Waals surface area contributed by atoms with Gasteiger partial charge in [-0.3, -0.25) is 9.59 Å². The summed E-state index contributed by atoms with van der Waals surface area (Å²) in [4.78, 5) is 35.0. The quantitative estimate of drug-likeness (QED) is 0.192. The van der Waals surface area contributed by atoms with Crippen LogP contribution in [0.3, 0.4) is 0 Å². The number of anilines is 3. The first-order valence-corrected chi connectivity index (χ1v) is 14.4. The number of halogens is 4. The lowest BCUT2D eigenvalue weighted by atomic mass is 10.0. The van der Waals surface area contributed by atoms with E-state index in [0.29, 0.717) is 56.0 Å². The first kappa shape index (κ1) is 32.9. The van der Waals surface area contributed by atoms with E-state index in [1.807, 2.05) is 38.0 Å². The number of likely N-dealkylation sites (N-methyl/N-ethyl adjacent to an activating group) is 1. The molecule has 0 spiro atoms. The first-order valence-electron chi connectivity index (χ1n) is 14.4. The van der Waals surface area contributed by atoms with Crippen LogP contribution in [0, 0.1) is 5.82 Å². The number of pyridine rings is 1. The summed E-state index contributed by atoms with van der Waals surface area (Å²) in [6.45, 7) is 10.1. The highest BCUT2D eigenvalue weighted by atomic mass is 19.4. The van der Waals surface area contributed by atoms with Crippen LogP contribution in [0.1, 0.15) is 27.7 Å². The molecule has 1 aromatic heterocycles. The van der Waals surface area contributed by atoms with Gasteiger partial charge in [-0.2, -0.15) is 13.2 Å². The van der Waals surface area contributed by atoms with E-state index in [9.17, 15) is 22.8 Å². The number of carbonyl (C=O) groups excluding carboxylic acids is 2. The van der Waals surface area contributed by atoms with Crippen LogP contribution in [0.2, 0.25) is 0 Å². The topological polar surface area (TPSA) is 90.0 Å². The molecular formula is C31H38F4N6O3. The predicted molar refractivity (Wildman–Crippen MR) is 162 cm³/mol. The van der Waals surface area contributed by atoms with Crippen LogP contribution >= 0.6 is 0 Å². The zero-order valence-electron chi connectivity index (χ0n) is 25.4. The number of benzene rings is 1. The van der Waals surface area contributed by atoms with Gasteiger partial charge in [0.1, 0.15) is 11.6 Å². The maximum atomic E-state index is 15.8. The molecular weight excluding hydrogens is 580 g/mol. The van der Waals surface area contributed by atoms with Gasteiger partial charge in [-0.1, -0.05) is 6.08 Å². The highest BCUT2D eigenvalue weighted by Gasteiger charge is 2.38. The molecule has 4 rings (SSSR count). The average Bonchev–Trinajstić information content (AvgIpc) is 2.96. The van der Waals surface area contributed by atoms with Crippen molar-refractivity contribution in [3.63, 3.8) is 0 Å². The summed E-state index contributed by atoms with van der Waals surface area (Å²) in [6, 6.07) is 6.30. The minimum Gasteiger partial charge on any atom is -0.372 e. The van der Waals surface area contributed by atoms with Gasteiger partial charge in [0.15, 0.2) is 0 Å². The second-order valence-electron chi connectivity index (χ2n) is 11.2. The zero-order valence-corrected chi connectivity index (χ0v) is 25.4. The number of nitrogens with zero attached hydrogens (tertiary/aromatic N) is 4. The third-order valence-corrected chi connectivity index (χ3v) is 7.86. The molecule has 44 heavy (non-hydrogen) atoms. The Balaban J connectivity index is 1.74. The molecule has 9 nitrogen and oxygen atoms in total. The minimum absolute atomic E-state index is 0.0229. The van der Waals surface area contributed by atoms with Crippen LogP contribution in [0.25, 0.3) is 11.1 Å². The van der Waals surface area contributed by atoms with Gasteiger partial charge in [0.25, 0.3) is 5.91 Å². The SMILES string of the molecule is C/C=C(\C(=C/NC=O)C(=O)Nc1cc(-c2ccc(N3CC(C)OC(C)C3)nc2)c(F)cc1N1CCN(C)C(C)C1)C(F)(F)F. The molecule has 3 heterocycles. The van der Waals surface area contributed by atoms with E-state index in [0.717, 1.165) is 13.0 Å². The molecule has 1 aromatic carbocycles. The fraction of sp³-hybridized carbons (Fsp3) is 0.452. The van der Waals surface area contributed by atoms with Crippen molar-refractivity contribution in [1.82, 2.24) is 15.2 Å². The third-order valence-electron chi connectivity index (χ3n) is 7.86. The number of piperazine rings is 1. The van der Waals surface area contributed by atoms with Crippen LogP contribution in [0.5, 0.6) is 0 Å². The van der Waals surface area contributed by atoms with Crippen LogP contribution < -0.4 is 20.4 Å². The maximum Gasteiger partial charge on any atom is 0.416 e. The van der Waals surface area contributed by atoms with E-state index >= 15 is 4.39 Å². The molecule has 2 fully saturated rings. The summed E-state index contributed by atoms with van der Waals surface area (Å²) in [7, 11) is 1.97. The summed E-state index contributed by atoms with van der Waals surface area (Å²) >= 11 is 0. The summed E-state index contributed by atoms with van der Waals surface area (Å²) in [6.07, 6.45) is -1.68. The number of hydrogen-bond acceptors (Lipinski definition) is 7. The smallest absolute Gasteiger partial charge is 0.372 e. The normalized spacial score (nSPS) is 22.2. The van der Waals surface area contributed by atoms with Crippen LogP contribution in [-0.4, -0.2) is 86.4 Å². The number of rotatable bonds is 8. The van der Waals surface area contributed by atoms with Gasteiger partial charge in [-0.25, -0.2) is 9.37 Å². The number of nitrogens with one attached hydrogen (secondary N) is 2. The van der Waals surface area contributed by atoms with Crippen molar-refractivity contribution < 1.29 is 31.9 Å². The number of morpholine rings is 1. The lowest BCUT2D eigenvalue weighted by molar-refractivity contribution is -0.115. The molecule has 0 saturated carbocycles. The third kappa shape index (κ3) is 7.56. The molecule has 238 valence electrons. The molecule has 2 aliphatic heterocycles. The lowest BCUT2D eigenvalue weighted by Gasteiger charge is -2.39. The Hall–Kier alpha value is -3.97. The number of ether oxygens (including phenoxy) is 1. The van der Waals surface area contributed by atoms with Gasteiger partial charge in [-0.15, -0.1) is 0 Å². The second-order valence-corrected chi connectivity index (χ2v) is 11.2. The Labute approximate surface area is 254 Å². The van der Waals surface area contributed by atoms with E-state index in [-0.39, 0.29) is 35.9 Å². The molecule has 13 heteroatoms. The van der Waals surface area contributed by atoms with Gasteiger partial charge in [0, 0.05) is 62.3 Å². The molecule has 0 aliphatic carbocycles. The summed E-state index contributed by atoms with van der Waals surface area (Å²) in [5, 5.41) is 4.61. The molecule has 0 bridgehead atoms. The molecule has 2 amide bonds. The van der Waals surface area contributed by atoms with E-state index in [1.165, 1.54) is 18.3 Å². The van der Waals surface area contributed by atoms with E-state index in [4.69, 9.17) is 4.74 Å². The fourth-order valence-corrected chi connectivity index (χ4v) is 5.55. The number of hydrogen-bond donors (Lipinski definition) is 2. The highest BCUT2D eigenvalue weighted by molar-refractivity contribution is 6.09. The van der Waals surface area contributed by atoms with Crippen molar-refractivity contribution in [2.45, 2.75) is 52.1 Å². The summed E-state index contributed by atoms with van der Waals surface area (Å²) in [5.74, 6) is -0.985. The van der Waals surface area contributed by atoms with Crippen LogP contribution in [0.15, 0.2) is 53.9 Å². The second kappa shape index (κ2) is 13.8. The molecule has 2 saturated heterocycles. The molecule has 2 aromatic rings. The van der Waals surface area contributed by atoms with E-state index < -0.39 is 29.0 Å². The largest absolute Gasteiger partial charge is 0.416 e. The summed E-state index contributed by atoms with van der Waals surface area (Å²) < 4.78 is 63.0. The lowest BCUT2D eigenvalue weighted by Crippen LogP contribution is -2.50. The van der Waals surface area contributed by atoms with Crippen molar-refractivity contribution in [2.75, 3.05) is 54.9 Å². The summed E-state index contributed by atoms with van der Waals surface area (Å²) in [5.41, 5.74) is -1.02. The molecule has 3 unspecified atom stereocenters. The number of aromatic nitrogens is 1. The van der Waals surface area contributed by atoms with E-state index in [1.54, 1.807) is 12.1 Å². The first-order chi connectivity index (χ1) is 20.8. The van der Waals surface area contributed by atoms with Gasteiger partial charge in [-0.05, 0) is 59.0 Å². The van der Waals surface area contributed by atoms with Crippen molar-refractivity contribution in [2.24, 2.45) is 0 Å². The highest BCUT2D eigenvalue weighted by Crippen LogP contribution is 2.37. The fourth-order valence-electron chi connectivity index (χ4n) is 5.55. The molecule has 2 aliphatic rings.